The van der Waals surface area contributed by atoms with Crippen molar-refractivity contribution in [2.45, 2.75) is 31.5 Å². The summed E-state index contributed by atoms with van der Waals surface area (Å²) in [6, 6.07) is 6.15. The summed E-state index contributed by atoms with van der Waals surface area (Å²) in [5.41, 5.74) is 1.90. The molecule has 2 fully saturated rings. The van der Waals surface area contributed by atoms with Crippen LogP contribution < -0.4 is 4.90 Å². The van der Waals surface area contributed by atoms with Gasteiger partial charge in [0.25, 0.3) is 0 Å². The maximum absolute atomic E-state index is 15.1. The molecule has 0 bridgehead atoms. The van der Waals surface area contributed by atoms with Gasteiger partial charge in [0.1, 0.15) is 35.0 Å². The molecule has 1 saturated carbocycles. The first kappa shape index (κ1) is 24.4. The molecule has 1 aromatic carbocycles. The van der Waals surface area contributed by atoms with Crippen LogP contribution in [-0.4, -0.2) is 64.6 Å². The Bertz CT molecular complexity index is 1350. The number of aromatic nitrogens is 3. The summed E-state index contributed by atoms with van der Waals surface area (Å²) in [5, 5.41) is 4.57. The van der Waals surface area contributed by atoms with Crippen molar-refractivity contribution >= 4 is 35.2 Å². The molecule has 1 spiro atoms. The number of morpholine rings is 1. The van der Waals surface area contributed by atoms with Crippen LogP contribution in [0.2, 0.25) is 5.02 Å². The molecule has 10 heteroatoms. The molecule has 3 heterocycles. The third-order valence-corrected chi connectivity index (χ3v) is 6.96. The highest BCUT2D eigenvalue weighted by Gasteiger charge is 2.51. The number of amidine groups is 1. The second-order valence-electron chi connectivity index (χ2n) is 9.68. The average Bonchev–Trinajstić information content (AvgIpc) is 3.42. The SMILES string of the molecule is CC(=Nc1c(C=O)cc(N2CC(c3cnn(C)c3)OC3(CC3)C2)nc1-c1ccc(Cl)cc1F)N(C)C. The Hall–Kier alpha value is -3.30. The van der Waals surface area contributed by atoms with Crippen molar-refractivity contribution in [3.05, 3.63) is 58.6 Å². The van der Waals surface area contributed by atoms with Crippen LogP contribution in [0.25, 0.3) is 11.3 Å². The zero-order valence-electron chi connectivity index (χ0n) is 20.7. The summed E-state index contributed by atoms with van der Waals surface area (Å²) >= 11 is 6.02. The Morgan fingerprint density at radius 3 is 2.72 bits per heavy atom. The highest BCUT2D eigenvalue weighted by molar-refractivity contribution is 6.30. The van der Waals surface area contributed by atoms with Crippen LogP contribution in [0.15, 0.2) is 41.7 Å². The van der Waals surface area contributed by atoms with Crippen molar-refractivity contribution in [3.8, 4) is 11.3 Å². The van der Waals surface area contributed by atoms with Crippen molar-refractivity contribution < 1.29 is 13.9 Å². The number of aryl methyl sites for hydroxylation is 1. The Kier molecular flexibility index (Phi) is 6.30. The Morgan fingerprint density at radius 2 is 2.11 bits per heavy atom. The third-order valence-electron chi connectivity index (χ3n) is 6.73. The highest BCUT2D eigenvalue weighted by atomic mass is 35.5. The van der Waals surface area contributed by atoms with Gasteiger partial charge in [0.2, 0.25) is 0 Å². The molecule has 0 N–H and O–H groups in total. The second-order valence-corrected chi connectivity index (χ2v) is 10.1. The summed E-state index contributed by atoms with van der Waals surface area (Å²) in [6.45, 7) is 2.99. The number of nitrogens with zero attached hydrogens (tertiary/aromatic N) is 6. The number of hydrogen-bond donors (Lipinski definition) is 0. The van der Waals surface area contributed by atoms with E-state index in [9.17, 15) is 4.79 Å². The normalized spacial score (nSPS) is 19.0. The van der Waals surface area contributed by atoms with Gasteiger partial charge >= 0.3 is 0 Å². The average molecular weight is 511 g/mol. The van der Waals surface area contributed by atoms with Crippen LogP contribution in [-0.2, 0) is 11.8 Å². The molecular formula is C26H28ClFN6O2. The molecule has 5 rings (SSSR count). The monoisotopic (exact) mass is 510 g/mol. The number of hydrogen-bond acceptors (Lipinski definition) is 6. The van der Waals surface area contributed by atoms with Crippen molar-refractivity contribution in [2.75, 3.05) is 32.1 Å². The number of ether oxygens (including phenoxy) is 1. The zero-order valence-corrected chi connectivity index (χ0v) is 21.5. The number of carbonyl (C=O) groups is 1. The fraction of sp³-hybridized carbons (Fsp3) is 0.385. The Balaban J connectivity index is 1.64. The second kappa shape index (κ2) is 9.29. The maximum Gasteiger partial charge on any atom is 0.152 e. The minimum atomic E-state index is -0.531. The molecule has 3 aromatic rings. The topological polar surface area (TPSA) is 75.8 Å². The standard InChI is InChI=1S/C26H28ClFN6O2/c1-16(32(2)3)30-24-17(14-35)9-23(31-25(24)20-6-5-19(27)10-21(20)28)34-13-22(18-11-29-33(4)12-18)36-26(15-34)7-8-26/h5-6,9-12,14,22H,7-8,13,15H2,1-4H3. The first-order valence-corrected chi connectivity index (χ1v) is 12.2. The quantitative estimate of drug-likeness (QED) is 0.278. The molecule has 0 amide bonds. The number of benzene rings is 1. The lowest BCUT2D eigenvalue weighted by molar-refractivity contribution is -0.0455. The van der Waals surface area contributed by atoms with Gasteiger partial charge in [0.15, 0.2) is 6.29 Å². The van der Waals surface area contributed by atoms with Gasteiger partial charge in [-0.3, -0.25) is 9.48 Å². The van der Waals surface area contributed by atoms with Gasteiger partial charge in [-0.2, -0.15) is 5.10 Å². The molecule has 2 aromatic heterocycles. The van der Waals surface area contributed by atoms with Crippen LogP contribution in [0.5, 0.6) is 0 Å². The summed E-state index contributed by atoms with van der Waals surface area (Å²) in [4.78, 5) is 25.8. The van der Waals surface area contributed by atoms with E-state index in [1.54, 1.807) is 22.9 Å². The predicted molar refractivity (Wildman–Crippen MR) is 138 cm³/mol. The van der Waals surface area contributed by atoms with Crippen molar-refractivity contribution in [2.24, 2.45) is 12.0 Å². The van der Waals surface area contributed by atoms with Crippen molar-refractivity contribution in [1.29, 1.82) is 0 Å². The smallest absolute Gasteiger partial charge is 0.152 e. The van der Waals surface area contributed by atoms with E-state index >= 15 is 4.39 Å². The number of carbonyl (C=O) groups excluding carboxylic acids is 1. The molecule has 1 aliphatic carbocycles. The fourth-order valence-corrected chi connectivity index (χ4v) is 4.56. The van der Waals surface area contributed by atoms with Gasteiger partial charge in [-0.15, -0.1) is 0 Å². The largest absolute Gasteiger partial charge is 0.366 e. The van der Waals surface area contributed by atoms with Gasteiger partial charge in [0.05, 0.1) is 18.3 Å². The van der Waals surface area contributed by atoms with E-state index in [-0.39, 0.29) is 22.3 Å². The molecule has 36 heavy (non-hydrogen) atoms. The van der Waals surface area contributed by atoms with Crippen LogP contribution in [0, 0.1) is 5.82 Å². The van der Waals surface area contributed by atoms with Gasteiger partial charge in [-0.25, -0.2) is 14.4 Å². The minimum absolute atomic E-state index is 0.194. The molecule has 1 saturated heterocycles. The number of pyridine rings is 1. The highest BCUT2D eigenvalue weighted by Crippen LogP contribution is 2.48. The molecular weight excluding hydrogens is 483 g/mol. The Morgan fingerprint density at radius 1 is 1.33 bits per heavy atom. The molecule has 188 valence electrons. The molecule has 8 nitrogen and oxygen atoms in total. The van der Waals surface area contributed by atoms with Crippen LogP contribution in [0.4, 0.5) is 15.9 Å². The zero-order chi connectivity index (χ0) is 25.6. The van der Waals surface area contributed by atoms with Gasteiger partial charge in [0, 0.05) is 55.6 Å². The molecule has 1 atom stereocenters. The third kappa shape index (κ3) is 4.73. The number of halogens is 2. The van der Waals surface area contributed by atoms with Crippen molar-refractivity contribution in [1.82, 2.24) is 19.7 Å². The van der Waals surface area contributed by atoms with Gasteiger partial charge < -0.3 is 14.5 Å². The van der Waals surface area contributed by atoms with Gasteiger partial charge in [-0.05, 0) is 44.0 Å². The van der Waals surface area contributed by atoms with Gasteiger partial charge in [-0.1, -0.05) is 11.6 Å². The number of aliphatic imine (C=N–C) groups is 1. The maximum atomic E-state index is 15.1. The molecule has 0 radical (unpaired) electrons. The predicted octanol–water partition coefficient (Wildman–Crippen LogP) is 4.81. The Labute approximate surface area is 214 Å². The van der Waals surface area contributed by atoms with Crippen molar-refractivity contribution in [3.63, 3.8) is 0 Å². The van der Waals surface area contributed by atoms with Crippen LogP contribution in [0.3, 0.4) is 0 Å². The fourth-order valence-electron chi connectivity index (χ4n) is 4.40. The molecule has 1 aliphatic heterocycles. The number of aldehydes is 1. The van der Waals surface area contributed by atoms with E-state index < -0.39 is 5.82 Å². The van der Waals surface area contributed by atoms with E-state index in [0.29, 0.717) is 41.7 Å². The number of anilines is 1. The van der Waals surface area contributed by atoms with E-state index in [1.807, 2.05) is 45.4 Å². The molecule has 1 unspecified atom stereocenters. The van der Waals surface area contributed by atoms with E-state index in [0.717, 1.165) is 24.7 Å². The summed E-state index contributed by atoms with van der Waals surface area (Å²) < 4.78 is 23.3. The van der Waals surface area contributed by atoms with E-state index in [1.165, 1.54) is 6.07 Å². The summed E-state index contributed by atoms with van der Waals surface area (Å²) in [6.07, 6.45) is 6.21. The minimum Gasteiger partial charge on any atom is -0.366 e. The summed E-state index contributed by atoms with van der Waals surface area (Å²) in [7, 11) is 5.58. The lowest BCUT2D eigenvalue weighted by Gasteiger charge is -2.39. The van der Waals surface area contributed by atoms with Crippen LogP contribution in [0.1, 0.15) is 41.8 Å². The van der Waals surface area contributed by atoms with E-state index in [2.05, 4.69) is 15.0 Å². The first-order valence-electron chi connectivity index (χ1n) is 11.8. The van der Waals surface area contributed by atoms with E-state index in [4.69, 9.17) is 21.3 Å². The lowest BCUT2D eigenvalue weighted by Crippen LogP contribution is -2.46. The lowest BCUT2D eigenvalue weighted by atomic mass is 10.0. The first-order chi connectivity index (χ1) is 17.2. The number of rotatable bonds is 5. The molecule has 2 aliphatic rings. The summed E-state index contributed by atoms with van der Waals surface area (Å²) in [5.74, 6) is 0.700. The van der Waals surface area contributed by atoms with Crippen LogP contribution >= 0.6 is 11.6 Å².